The van der Waals surface area contributed by atoms with Gasteiger partial charge in [0.25, 0.3) is 5.56 Å². The minimum absolute atomic E-state index is 0.0575. The minimum Gasteiger partial charge on any atom is -0.465 e. The maximum atomic E-state index is 14.5. The van der Waals surface area contributed by atoms with Crippen molar-refractivity contribution in [1.29, 1.82) is 0 Å². The van der Waals surface area contributed by atoms with Crippen molar-refractivity contribution in [2.24, 2.45) is 0 Å². The molecule has 9 heteroatoms. The topological polar surface area (TPSA) is 90.3 Å². The second kappa shape index (κ2) is 9.66. The number of benzene rings is 3. The summed E-state index contributed by atoms with van der Waals surface area (Å²) < 4.78 is 20.4. The summed E-state index contributed by atoms with van der Waals surface area (Å²) in [5.74, 6) is -1.48. The van der Waals surface area contributed by atoms with Crippen LogP contribution in [0, 0.1) is 5.82 Å². The molecular formula is C24H18FN3O4S. The summed E-state index contributed by atoms with van der Waals surface area (Å²) in [6.07, 6.45) is 0. The predicted molar refractivity (Wildman–Crippen MR) is 124 cm³/mol. The molecule has 0 aliphatic rings. The van der Waals surface area contributed by atoms with Crippen LogP contribution in [0.4, 0.5) is 10.1 Å². The second-order valence-electron chi connectivity index (χ2n) is 6.91. The van der Waals surface area contributed by atoms with Crippen molar-refractivity contribution >= 4 is 40.2 Å². The van der Waals surface area contributed by atoms with Gasteiger partial charge in [0.05, 0.1) is 35.0 Å². The number of nitrogens with zero attached hydrogens (tertiary/aromatic N) is 2. The lowest BCUT2D eigenvalue weighted by Gasteiger charge is -2.14. The molecule has 3 aromatic carbocycles. The molecule has 0 saturated heterocycles. The fraction of sp³-hybridized carbons (Fsp3) is 0.0833. The molecule has 0 aliphatic carbocycles. The van der Waals surface area contributed by atoms with Gasteiger partial charge in [-0.2, -0.15) is 0 Å². The summed E-state index contributed by atoms with van der Waals surface area (Å²) in [5, 5.41) is 3.26. The smallest absolute Gasteiger partial charge is 0.337 e. The molecule has 0 radical (unpaired) electrons. The van der Waals surface area contributed by atoms with Crippen LogP contribution in [0.25, 0.3) is 16.6 Å². The number of ether oxygens (including phenoxy) is 1. The number of hydrogen-bond acceptors (Lipinski definition) is 6. The average molecular weight is 463 g/mol. The van der Waals surface area contributed by atoms with Gasteiger partial charge in [0.15, 0.2) is 5.16 Å². The Labute approximate surface area is 192 Å². The number of anilines is 1. The normalized spacial score (nSPS) is 10.7. The van der Waals surface area contributed by atoms with Crippen LogP contribution in [-0.4, -0.2) is 34.3 Å². The van der Waals surface area contributed by atoms with E-state index in [0.29, 0.717) is 22.2 Å². The molecule has 0 aliphatic heterocycles. The van der Waals surface area contributed by atoms with Crippen molar-refractivity contribution in [3.05, 3.63) is 94.5 Å². The standard InChI is InChI=1S/C24H18FN3O4S/c1-32-23(31)15-10-12-16(13-11-15)26-21(29)14-33-24-27-19-8-4-2-6-17(19)22(30)28(24)20-9-5-3-7-18(20)25/h2-13H,14H2,1H3,(H,26,29). The predicted octanol–water partition coefficient (Wildman–Crippen LogP) is 4.04. The molecule has 4 rings (SSSR count). The van der Waals surface area contributed by atoms with Crippen LogP contribution < -0.4 is 10.9 Å². The largest absolute Gasteiger partial charge is 0.465 e. The van der Waals surface area contributed by atoms with E-state index in [9.17, 15) is 18.8 Å². The number of carbonyl (C=O) groups excluding carboxylic acids is 2. The second-order valence-corrected chi connectivity index (χ2v) is 7.85. The molecule has 1 aromatic heterocycles. The zero-order valence-electron chi connectivity index (χ0n) is 17.4. The van der Waals surface area contributed by atoms with E-state index < -0.39 is 17.3 Å². The molecule has 0 saturated carbocycles. The highest BCUT2D eigenvalue weighted by Crippen LogP contribution is 2.23. The van der Waals surface area contributed by atoms with Gasteiger partial charge in [-0.25, -0.2) is 14.2 Å². The monoisotopic (exact) mass is 463 g/mol. The van der Waals surface area contributed by atoms with Gasteiger partial charge in [0.1, 0.15) is 5.82 Å². The van der Waals surface area contributed by atoms with Gasteiger partial charge in [0.2, 0.25) is 5.91 Å². The van der Waals surface area contributed by atoms with Crippen LogP contribution >= 0.6 is 11.8 Å². The molecule has 7 nitrogen and oxygen atoms in total. The van der Waals surface area contributed by atoms with E-state index in [4.69, 9.17) is 0 Å². The fourth-order valence-electron chi connectivity index (χ4n) is 3.19. The lowest BCUT2D eigenvalue weighted by atomic mass is 10.2. The first-order valence-electron chi connectivity index (χ1n) is 9.85. The summed E-state index contributed by atoms with van der Waals surface area (Å²) >= 11 is 1.02. The number of thioether (sulfide) groups is 1. The Morgan fingerprint density at radius 2 is 1.73 bits per heavy atom. The lowest BCUT2D eigenvalue weighted by molar-refractivity contribution is -0.113. The highest BCUT2D eigenvalue weighted by atomic mass is 32.2. The van der Waals surface area contributed by atoms with Gasteiger partial charge < -0.3 is 10.1 Å². The Bertz CT molecular complexity index is 1400. The van der Waals surface area contributed by atoms with Crippen LogP contribution in [0.2, 0.25) is 0 Å². The van der Waals surface area contributed by atoms with Crippen molar-refractivity contribution in [2.75, 3.05) is 18.2 Å². The van der Waals surface area contributed by atoms with Gasteiger partial charge >= 0.3 is 5.97 Å². The fourth-order valence-corrected chi connectivity index (χ4v) is 3.99. The van der Waals surface area contributed by atoms with Crippen LogP contribution in [0.15, 0.2) is 82.7 Å². The number of para-hydroxylation sites is 2. The molecular weight excluding hydrogens is 445 g/mol. The zero-order chi connectivity index (χ0) is 23.4. The van der Waals surface area contributed by atoms with Gasteiger partial charge in [-0.05, 0) is 48.5 Å². The molecule has 1 N–H and O–H groups in total. The number of aromatic nitrogens is 2. The Balaban J connectivity index is 1.60. The molecule has 0 atom stereocenters. The third-order valence-electron chi connectivity index (χ3n) is 4.76. The van der Waals surface area contributed by atoms with E-state index in [1.165, 1.54) is 42.0 Å². The number of hydrogen-bond donors (Lipinski definition) is 1. The Morgan fingerprint density at radius 3 is 2.45 bits per heavy atom. The quantitative estimate of drug-likeness (QED) is 0.264. The Morgan fingerprint density at radius 1 is 1.03 bits per heavy atom. The summed E-state index contributed by atoms with van der Waals surface area (Å²) in [6, 6.07) is 18.9. The maximum Gasteiger partial charge on any atom is 0.337 e. The van der Waals surface area contributed by atoms with Crippen LogP contribution in [0.3, 0.4) is 0 Å². The lowest BCUT2D eigenvalue weighted by Crippen LogP contribution is -2.23. The third kappa shape index (κ3) is 4.78. The first-order valence-corrected chi connectivity index (χ1v) is 10.8. The molecule has 4 aromatic rings. The highest BCUT2D eigenvalue weighted by Gasteiger charge is 2.17. The Kier molecular flexibility index (Phi) is 6.50. The zero-order valence-corrected chi connectivity index (χ0v) is 18.3. The summed E-state index contributed by atoms with van der Waals surface area (Å²) in [7, 11) is 1.29. The first kappa shape index (κ1) is 22.2. The van der Waals surface area contributed by atoms with Gasteiger partial charge in [-0.1, -0.05) is 36.0 Å². The number of fused-ring (bicyclic) bond motifs is 1. The molecule has 1 heterocycles. The summed E-state index contributed by atoms with van der Waals surface area (Å²) in [4.78, 5) is 41.7. The number of amides is 1. The molecule has 0 spiro atoms. The maximum absolute atomic E-state index is 14.5. The van der Waals surface area contributed by atoms with Gasteiger partial charge in [-0.15, -0.1) is 0 Å². The number of carbonyl (C=O) groups is 2. The number of rotatable bonds is 6. The summed E-state index contributed by atoms with van der Waals surface area (Å²) in [6.45, 7) is 0. The number of nitrogens with one attached hydrogen (secondary N) is 1. The van der Waals surface area contributed by atoms with Crippen molar-refractivity contribution < 1.29 is 18.7 Å². The Hall–Kier alpha value is -3.98. The highest BCUT2D eigenvalue weighted by molar-refractivity contribution is 7.99. The van der Waals surface area contributed by atoms with Crippen molar-refractivity contribution in [3.63, 3.8) is 0 Å². The van der Waals surface area contributed by atoms with Crippen molar-refractivity contribution in [1.82, 2.24) is 9.55 Å². The van der Waals surface area contributed by atoms with E-state index >= 15 is 0 Å². The number of methoxy groups -OCH3 is 1. The number of halogens is 1. The van der Waals surface area contributed by atoms with E-state index in [-0.39, 0.29) is 22.5 Å². The van der Waals surface area contributed by atoms with Gasteiger partial charge in [-0.3, -0.25) is 14.2 Å². The van der Waals surface area contributed by atoms with Crippen molar-refractivity contribution in [3.8, 4) is 5.69 Å². The van der Waals surface area contributed by atoms with Crippen LogP contribution in [0.1, 0.15) is 10.4 Å². The molecule has 33 heavy (non-hydrogen) atoms. The molecule has 166 valence electrons. The van der Waals surface area contributed by atoms with Crippen LogP contribution in [-0.2, 0) is 9.53 Å². The first-order chi connectivity index (χ1) is 16.0. The summed E-state index contributed by atoms with van der Waals surface area (Å²) in [5.41, 5.74) is 0.941. The number of esters is 1. The average Bonchev–Trinajstić information content (AvgIpc) is 2.83. The third-order valence-corrected chi connectivity index (χ3v) is 5.70. The van der Waals surface area contributed by atoms with E-state index in [1.54, 1.807) is 42.5 Å². The van der Waals surface area contributed by atoms with E-state index in [0.717, 1.165) is 11.8 Å². The SMILES string of the molecule is COC(=O)c1ccc(NC(=O)CSc2nc3ccccc3c(=O)n2-c2ccccc2F)cc1. The van der Waals surface area contributed by atoms with Crippen LogP contribution in [0.5, 0.6) is 0 Å². The minimum atomic E-state index is -0.575. The van der Waals surface area contributed by atoms with E-state index in [2.05, 4.69) is 15.0 Å². The van der Waals surface area contributed by atoms with Crippen molar-refractivity contribution in [2.45, 2.75) is 5.16 Å². The molecule has 0 fully saturated rings. The molecule has 1 amide bonds. The van der Waals surface area contributed by atoms with Gasteiger partial charge in [0, 0.05) is 5.69 Å². The molecule has 0 unspecified atom stereocenters. The van der Waals surface area contributed by atoms with E-state index in [1.807, 2.05) is 0 Å². The molecule has 0 bridgehead atoms.